The molecule has 2 atom stereocenters. The molecule has 1 aliphatic rings. The highest BCUT2D eigenvalue weighted by Gasteiger charge is 2.30. The quantitative estimate of drug-likeness (QED) is 0.858. The van der Waals surface area contributed by atoms with Crippen molar-refractivity contribution in [3.8, 4) is 5.75 Å². The van der Waals surface area contributed by atoms with Gasteiger partial charge in [0, 0.05) is 6.42 Å². The maximum atomic E-state index is 10.5. The first kappa shape index (κ1) is 14.2. The summed E-state index contributed by atoms with van der Waals surface area (Å²) in [6, 6.07) is 10.5. The number of aryl methyl sites for hydroxylation is 4. The van der Waals surface area contributed by atoms with Crippen LogP contribution in [0.4, 0.5) is 0 Å². The van der Waals surface area contributed by atoms with Gasteiger partial charge in [0.05, 0.1) is 6.10 Å². The van der Waals surface area contributed by atoms with Gasteiger partial charge in [-0.3, -0.25) is 0 Å². The standard InChI is InChI=1S/C19H22O2/c1-11-7-14(4)16-10-17(20)19(21-18(16)8-11)15-6-5-12(2)13(3)9-15/h5-9,17,19-20H,10H2,1-4H3/t17-,19-/m1/s1. The van der Waals surface area contributed by atoms with Crippen LogP contribution < -0.4 is 4.74 Å². The predicted octanol–water partition coefficient (Wildman–Crippen LogP) is 3.96. The molecule has 2 aromatic carbocycles. The van der Waals surface area contributed by atoms with Crippen molar-refractivity contribution < 1.29 is 9.84 Å². The van der Waals surface area contributed by atoms with E-state index in [1.54, 1.807) is 0 Å². The molecule has 0 radical (unpaired) electrons. The Morgan fingerprint density at radius 2 is 1.71 bits per heavy atom. The minimum atomic E-state index is -0.499. The normalized spacial score (nSPS) is 20.8. The molecule has 0 saturated carbocycles. The predicted molar refractivity (Wildman–Crippen MR) is 84.9 cm³/mol. The molecular weight excluding hydrogens is 260 g/mol. The molecule has 0 fully saturated rings. The fourth-order valence-electron chi connectivity index (χ4n) is 3.09. The van der Waals surface area contributed by atoms with Gasteiger partial charge >= 0.3 is 0 Å². The van der Waals surface area contributed by atoms with Crippen LogP contribution in [0.1, 0.15) is 39.5 Å². The molecule has 1 aliphatic heterocycles. The van der Waals surface area contributed by atoms with E-state index in [4.69, 9.17) is 4.74 Å². The summed E-state index contributed by atoms with van der Waals surface area (Å²) in [5.41, 5.74) is 7.07. The number of hydrogen-bond donors (Lipinski definition) is 1. The summed E-state index contributed by atoms with van der Waals surface area (Å²) in [5, 5.41) is 10.5. The Labute approximate surface area is 126 Å². The lowest BCUT2D eigenvalue weighted by Crippen LogP contribution is -2.31. The van der Waals surface area contributed by atoms with Crippen molar-refractivity contribution in [2.45, 2.75) is 46.3 Å². The molecule has 0 aromatic heterocycles. The Kier molecular flexibility index (Phi) is 3.50. The molecule has 110 valence electrons. The second-order valence-corrected chi connectivity index (χ2v) is 6.21. The summed E-state index contributed by atoms with van der Waals surface area (Å²) in [7, 11) is 0. The molecule has 21 heavy (non-hydrogen) atoms. The number of ether oxygens (including phenoxy) is 1. The molecule has 1 N–H and O–H groups in total. The second kappa shape index (κ2) is 5.19. The highest BCUT2D eigenvalue weighted by Crippen LogP contribution is 2.37. The third-order valence-corrected chi connectivity index (χ3v) is 4.45. The van der Waals surface area contributed by atoms with Gasteiger partial charge in [0.15, 0.2) is 0 Å². The number of rotatable bonds is 1. The average molecular weight is 282 g/mol. The minimum Gasteiger partial charge on any atom is -0.483 e. The Bertz CT molecular complexity index is 688. The smallest absolute Gasteiger partial charge is 0.150 e. The largest absolute Gasteiger partial charge is 0.483 e. The number of aliphatic hydroxyl groups excluding tert-OH is 1. The van der Waals surface area contributed by atoms with Gasteiger partial charge in [0.25, 0.3) is 0 Å². The van der Waals surface area contributed by atoms with Crippen LogP contribution in [-0.4, -0.2) is 11.2 Å². The van der Waals surface area contributed by atoms with E-state index in [1.165, 1.54) is 22.3 Å². The van der Waals surface area contributed by atoms with Gasteiger partial charge in [-0.1, -0.05) is 24.3 Å². The SMILES string of the molecule is Cc1cc(C)c2c(c1)O[C@H](c1ccc(C)c(C)c1)[C@H](O)C2. The lowest BCUT2D eigenvalue weighted by molar-refractivity contribution is 0.0205. The first-order valence-corrected chi connectivity index (χ1v) is 7.47. The van der Waals surface area contributed by atoms with Crippen LogP contribution in [0.5, 0.6) is 5.75 Å². The molecular formula is C19H22O2. The number of fused-ring (bicyclic) bond motifs is 1. The maximum absolute atomic E-state index is 10.5. The molecule has 1 heterocycles. The molecule has 2 nitrogen and oxygen atoms in total. The molecule has 3 rings (SSSR count). The molecule has 0 saturated heterocycles. The van der Waals surface area contributed by atoms with Crippen LogP contribution in [0, 0.1) is 27.7 Å². The monoisotopic (exact) mass is 282 g/mol. The van der Waals surface area contributed by atoms with E-state index in [0.29, 0.717) is 6.42 Å². The summed E-state index contributed by atoms with van der Waals surface area (Å²) in [6.45, 7) is 8.35. The fraction of sp³-hybridized carbons (Fsp3) is 0.368. The maximum Gasteiger partial charge on any atom is 0.150 e. The first-order valence-electron chi connectivity index (χ1n) is 7.47. The summed E-state index contributed by atoms with van der Waals surface area (Å²) < 4.78 is 6.14. The Balaban J connectivity index is 2.00. The van der Waals surface area contributed by atoms with Crippen molar-refractivity contribution in [2.75, 3.05) is 0 Å². The zero-order chi connectivity index (χ0) is 15.1. The van der Waals surface area contributed by atoms with Gasteiger partial charge < -0.3 is 9.84 Å². The Morgan fingerprint density at radius 3 is 2.43 bits per heavy atom. The summed E-state index contributed by atoms with van der Waals surface area (Å²) >= 11 is 0. The Hall–Kier alpha value is -1.80. The fourth-order valence-corrected chi connectivity index (χ4v) is 3.09. The van der Waals surface area contributed by atoms with Crippen LogP contribution in [-0.2, 0) is 6.42 Å². The Morgan fingerprint density at radius 1 is 0.952 bits per heavy atom. The third kappa shape index (κ3) is 2.56. The van der Waals surface area contributed by atoms with Crippen LogP contribution in [0.15, 0.2) is 30.3 Å². The molecule has 0 spiro atoms. The third-order valence-electron chi connectivity index (χ3n) is 4.45. The molecule has 0 aliphatic carbocycles. The van der Waals surface area contributed by atoms with E-state index in [-0.39, 0.29) is 6.10 Å². The number of hydrogen-bond acceptors (Lipinski definition) is 2. The highest BCUT2D eigenvalue weighted by atomic mass is 16.5. The average Bonchev–Trinajstić information content (AvgIpc) is 2.42. The van der Waals surface area contributed by atoms with Crippen LogP contribution in [0.2, 0.25) is 0 Å². The van der Waals surface area contributed by atoms with Gasteiger partial charge in [-0.05, 0) is 67.1 Å². The number of benzene rings is 2. The second-order valence-electron chi connectivity index (χ2n) is 6.21. The first-order chi connectivity index (χ1) is 9.95. The van der Waals surface area contributed by atoms with Gasteiger partial charge in [0.1, 0.15) is 11.9 Å². The van der Waals surface area contributed by atoms with Crippen LogP contribution in [0.25, 0.3) is 0 Å². The zero-order valence-electron chi connectivity index (χ0n) is 13.1. The molecule has 0 unspecified atom stereocenters. The number of aliphatic hydroxyl groups is 1. The van der Waals surface area contributed by atoms with E-state index in [2.05, 4.69) is 58.0 Å². The van der Waals surface area contributed by atoms with Crippen LogP contribution in [0.3, 0.4) is 0 Å². The van der Waals surface area contributed by atoms with Gasteiger partial charge in [-0.2, -0.15) is 0 Å². The van der Waals surface area contributed by atoms with Crippen molar-refractivity contribution in [2.24, 2.45) is 0 Å². The van der Waals surface area contributed by atoms with Crippen molar-refractivity contribution >= 4 is 0 Å². The molecule has 2 heteroatoms. The van der Waals surface area contributed by atoms with E-state index in [9.17, 15) is 5.11 Å². The van der Waals surface area contributed by atoms with E-state index in [0.717, 1.165) is 16.9 Å². The molecule has 2 aromatic rings. The summed E-state index contributed by atoms with van der Waals surface area (Å²) in [6.07, 6.45) is -0.127. The van der Waals surface area contributed by atoms with Crippen molar-refractivity contribution in [1.82, 2.24) is 0 Å². The van der Waals surface area contributed by atoms with Crippen LogP contribution >= 0.6 is 0 Å². The zero-order valence-corrected chi connectivity index (χ0v) is 13.1. The minimum absolute atomic E-state index is 0.280. The van der Waals surface area contributed by atoms with E-state index >= 15 is 0 Å². The lowest BCUT2D eigenvalue weighted by atomic mass is 9.90. The van der Waals surface area contributed by atoms with Crippen molar-refractivity contribution in [3.05, 3.63) is 63.7 Å². The topological polar surface area (TPSA) is 29.5 Å². The lowest BCUT2D eigenvalue weighted by Gasteiger charge is -2.32. The van der Waals surface area contributed by atoms with Crippen molar-refractivity contribution in [3.63, 3.8) is 0 Å². The van der Waals surface area contributed by atoms with Gasteiger partial charge in [-0.15, -0.1) is 0 Å². The van der Waals surface area contributed by atoms with E-state index < -0.39 is 6.10 Å². The van der Waals surface area contributed by atoms with Crippen molar-refractivity contribution in [1.29, 1.82) is 0 Å². The van der Waals surface area contributed by atoms with E-state index in [1.807, 2.05) is 0 Å². The summed E-state index contributed by atoms with van der Waals surface area (Å²) in [4.78, 5) is 0. The summed E-state index contributed by atoms with van der Waals surface area (Å²) in [5.74, 6) is 0.918. The molecule has 0 amide bonds. The van der Waals surface area contributed by atoms with Gasteiger partial charge in [-0.25, -0.2) is 0 Å². The molecule has 0 bridgehead atoms. The van der Waals surface area contributed by atoms with Gasteiger partial charge in [0.2, 0.25) is 0 Å². The highest BCUT2D eigenvalue weighted by molar-refractivity contribution is 5.46.